The lowest BCUT2D eigenvalue weighted by molar-refractivity contribution is 0.314. The Kier molecular flexibility index (Phi) is 4.87. The van der Waals surface area contributed by atoms with Gasteiger partial charge in [0, 0.05) is 6.07 Å². The molecule has 0 unspecified atom stereocenters. The molecule has 0 atom stereocenters. The lowest BCUT2D eigenvalue weighted by Crippen LogP contribution is -2.13. The summed E-state index contributed by atoms with van der Waals surface area (Å²) in [4.78, 5) is 12.7. The number of thioether (sulfide) groups is 1. The molecule has 3 rings (SSSR count). The lowest BCUT2D eigenvalue weighted by atomic mass is 10.3. The summed E-state index contributed by atoms with van der Waals surface area (Å²) in [7, 11) is 0. The second kappa shape index (κ2) is 7.05. The second-order valence-corrected chi connectivity index (χ2v) is 6.46. The molecule has 0 amide bonds. The van der Waals surface area contributed by atoms with E-state index in [9.17, 15) is 8.78 Å². The summed E-state index contributed by atoms with van der Waals surface area (Å²) in [5, 5.41) is 3.11. The minimum atomic E-state index is -0.721. The van der Waals surface area contributed by atoms with Crippen molar-refractivity contribution >= 4 is 39.3 Å². The highest BCUT2D eigenvalue weighted by molar-refractivity contribution is 8.00. The Morgan fingerprint density at radius 3 is 2.96 bits per heavy atom. The zero-order valence-corrected chi connectivity index (χ0v) is 13.7. The smallest absolute Gasteiger partial charge is 0.176 e. The van der Waals surface area contributed by atoms with E-state index in [4.69, 9.17) is 4.74 Å². The molecule has 5 nitrogen and oxygen atoms in total. The molecule has 1 aromatic carbocycles. The Labute approximate surface area is 139 Å². The molecule has 0 saturated heterocycles. The number of benzene rings is 1. The van der Waals surface area contributed by atoms with Crippen LogP contribution in [0.15, 0.2) is 28.9 Å². The van der Waals surface area contributed by atoms with Crippen molar-refractivity contribution in [1.82, 2.24) is 15.0 Å². The van der Waals surface area contributed by atoms with E-state index in [-0.39, 0.29) is 12.4 Å². The normalized spacial score (nSPS) is 10.9. The molecule has 2 heterocycles. The predicted octanol–water partition coefficient (Wildman–Crippen LogP) is 3.58. The SMILES string of the molecule is CSc1nc2ncnc(NCCOc3ccc(F)cc3F)c2s1. The van der Waals surface area contributed by atoms with Crippen molar-refractivity contribution in [1.29, 1.82) is 0 Å². The van der Waals surface area contributed by atoms with Gasteiger partial charge in [-0.25, -0.2) is 23.7 Å². The average Bonchev–Trinajstić information content (AvgIpc) is 2.97. The number of ether oxygens (including phenoxy) is 1. The van der Waals surface area contributed by atoms with E-state index in [0.29, 0.717) is 18.0 Å². The fourth-order valence-corrected chi connectivity index (χ4v) is 3.35. The van der Waals surface area contributed by atoms with Gasteiger partial charge in [0.05, 0.1) is 6.54 Å². The molecule has 0 saturated carbocycles. The van der Waals surface area contributed by atoms with Crippen LogP contribution in [0.2, 0.25) is 0 Å². The maximum atomic E-state index is 13.4. The third kappa shape index (κ3) is 3.67. The van der Waals surface area contributed by atoms with Crippen LogP contribution in [0.25, 0.3) is 10.3 Å². The molecule has 0 spiro atoms. The Morgan fingerprint density at radius 1 is 1.30 bits per heavy atom. The number of halogens is 2. The van der Waals surface area contributed by atoms with Crippen molar-refractivity contribution in [2.75, 3.05) is 24.7 Å². The molecule has 0 radical (unpaired) electrons. The fourth-order valence-electron chi connectivity index (χ4n) is 1.87. The minimum Gasteiger partial charge on any atom is -0.489 e. The third-order valence-electron chi connectivity index (χ3n) is 2.89. The van der Waals surface area contributed by atoms with Crippen LogP contribution >= 0.6 is 23.1 Å². The molecule has 120 valence electrons. The fraction of sp³-hybridized carbons (Fsp3) is 0.214. The van der Waals surface area contributed by atoms with Gasteiger partial charge < -0.3 is 10.1 Å². The standard InChI is InChI=1S/C14H12F2N4OS2/c1-22-14-20-13-11(23-14)12(18-7-19-13)17-4-5-21-10-3-2-8(15)6-9(10)16/h2-3,6-7H,4-5H2,1H3,(H,17,18,19). The molecule has 0 bridgehead atoms. The van der Waals surface area contributed by atoms with E-state index in [1.165, 1.54) is 23.7 Å². The highest BCUT2D eigenvalue weighted by Crippen LogP contribution is 2.30. The summed E-state index contributed by atoms with van der Waals surface area (Å²) >= 11 is 3.05. The van der Waals surface area contributed by atoms with Crippen LogP contribution in [-0.2, 0) is 0 Å². The number of rotatable bonds is 6. The molecular weight excluding hydrogens is 342 g/mol. The summed E-state index contributed by atoms with van der Waals surface area (Å²) in [5.41, 5.74) is 0.641. The highest BCUT2D eigenvalue weighted by atomic mass is 32.2. The van der Waals surface area contributed by atoms with Crippen LogP contribution in [0.3, 0.4) is 0 Å². The van der Waals surface area contributed by atoms with Gasteiger partial charge in [0.2, 0.25) is 0 Å². The topological polar surface area (TPSA) is 59.9 Å². The van der Waals surface area contributed by atoms with Crippen molar-refractivity contribution in [2.24, 2.45) is 0 Å². The van der Waals surface area contributed by atoms with Gasteiger partial charge in [0.1, 0.15) is 29.3 Å². The van der Waals surface area contributed by atoms with Gasteiger partial charge in [-0.3, -0.25) is 0 Å². The van der Waals surface area contributed by atoms with Crippen LogP contribution in [0.5, 0.6) is 5.75 Å². The molecule has 0 aliphatic carbocycles. The first-order valence-electron chi connectivity index (χ1n) is 6.64. The molecule has 0 fully saturated rings. The minimum absolute atomic E-state index is 0.0171. The summed E-state index contributed by atoms with van der Waals surface area (Å²) in [5.74, 6) is -0.674. The Morgan fingerprint density at radius 2 is 2.17 bits per heavy atom. The summed E-state index contributed by atoms with van der Waals surface area (Å²) in [6, 6.07) is 3.21. The number of nitrogens with zero attached hydrogens (tertiary/aromatic N) is 3. The lowest BCUT2D eigenvalue weighted by Gasteiger charge is -2.08. The first-order chi connectivity index (χ1) is 11.2. The monoisotopic (exact) mass is 354 g/mol. The molecule has 23 heavy (non-hydrogen) atoms. The van der Waals surface area contributed by atoms with Gasteiger partial charge in [0.15, 0.2) is 21.6 Å². The van der Waals surface area contributed by atoms with Crippen molar-refractivity contribution < 1.29 is 13.5 Å². The quantitative estimate of drug-likeness (QED) is 0.539. The Balaban J connectivity index is 1.61. The van der Waals surface area contributed by atoms with E-state index >= 15 is 0 Å². The number of fused-ring (bicyclic) bond motifs is 1. The predicted molar refractivity (Wildman–Crippen MR) is 87.3 cm³/mol. The van der Waals surface area contributed by atoms with Crippen molar-refractivity contribution in [2.45, 2.75) is 4.34 Å². The number of anilines is 1. The molecular formula is C14H12F2N4OS2. The maximum Gasteiger partial charge on any atom is 0.176 e. The van der Waals surface area contributed by atoms with Gasteiger partial charge >= 0.3 is 0 Å². The molecule has 1 N–H and O–H groups in total. The first kappa shape index (κ1) is 15.9. The largest absolute Gasteiger partial charge is 0.489 e. The zero-order chi connectivity index (χ0) is 16.2. The van der Waals surface area contributed by atoms with E-state index in [1.54, 1.807) is 11.8 Å². The number of thiazole rings is 1. The van der Waals surface area contributed by atoms with Gasteiger partial charge in [0.25, 0.3) is 0 Å². The van der Waals surface area contributed by atoms with Crippen molar-refractivity contribution in [3.05, 3.63) is 36.2 Å². The van der Waals surface area contributed by atoms with E-state index in [0.717, 1.165) is 21.2 Å². The van der Waals surface area contributed by atoms with E-state index in [2.05, 4.69) is 20.3 Å². The first-order valence-corrected chi connectivity index (χ1v) is 8.69. The molecule has 9 heteroatoms. The van der Waals surface area contributed by atoms with Crippen molar-refractivity contribution in [3.8, 4) is 5.75 Å². The van der Waals surface area contributed by atoms with Gasteiger partial charge in [-0.05, 0) is 18.4 Å². The second-order valence-electron chi connectivity index (χ2n) is 4.41. The number of nitrogens with one attached hydrogen (secondary N) is 1. The summed E-state index contributed by atoms with van der Waals surface area (Å²) < 4.78 is 33.3. The van der Waals surface area contributed by atoms with Gasteiger partial charge in [-0.1, -0.05) is 11.8 Å². The van der Waals surface area contributed by atoms with Gasteiger partial charge in [-0.15, -0.1) is 11.3 Å². The highest BCUT2D eigenvalue weighted by Gasteiger charge is 2.10. The van der Waals surface area contributed by atoms with Crippen LogP contribution in [0, 0.1) is 11.6 Å². The van der Waals surface area contributed by atoms with E-state index in [1.807, 2.05) is 6.26 Å². The zero-order valence-electron chi connectivity index (χ0n) is 12.0. The molecule has 0 aliphatic heterocycles. The molecule has 2 aromatic heterocycles. The van der Waals surface area contributed by atoms with Crippen LogP contribution in [-0.4, -0.2) is 34.4 Å². The van der Waals surface area contributed by atoms with Crippen LogP contribution < -0.4 is 10.1 Å². The number of hydrogen-bond acceptors (Lipinski definition) is 7. The van der Waals surface area contributed by atoms with E-state index < -0.39 is 11.6 Å². The summed E-state index contributed by atoms with van der Waals surface area (Å²) in [6.07, 6.45) is 3.39. The maximum absolute atomic E-state index is 13.4. The number of aromatic nitrogens is 3. The van der Waals surface area contributed by atoms with Crippen LogP contribution in [0.1, 0.15) is 0 Å². The summed E-state index contributed by atoms with van der Waals surface area (Å²) in [6.45, 7) is 0.623. The molecule has 3 aromatic rings. The molecule has 0 aliphatic rings. The Bertz CT molecular complexity index is 828. The third-order valence-corrected chi connectivity index (χ3v) is 4.93. The van der Waals surface area contributed by atoms with Crippen molar-refractivity contribution in [3.63, 3.8) is 0 Å². The van der Waals surface area contributed by atoms with Gasteiger partial charge in [-0.2, -0.15) is 0 Å². The Hall–Kier alpha value is -2.00. The van der Waals surface area contributed by atoms with Crippen LogP contribution in [0.4, 0.5) is 14.6 Å². The average molecular weight is 354 g/mol. The number of hydrogen-bond donors (Lipinski definition) is 1.